The van der Waals surface area contributed by atoms with Crippen molar-refractivity contribution in [3.8, 4) is 0 Å². The first-order valence-corrected chi connectivity index (χ1v) is 11.7. The third kappa shape index (κ3) is 5.40. The summed E-state index contributed by atoms with van der Waals surface area (Å²) in [7, 11) is 0. The van der Waals surface area contributed by atoms with Gasteiger partial charge in [0.1, 0.15) is 12.1 Å². The lowest BCUT2D eigenvalue weighted by atomic mass is 9.82. The topological polar surface area (TPSA) is 87.7 Å². The van der Waals surface area contributed by atoms with E-state index < -0.39 is 16.6 Å². The van der Waals surface area contributed by atoms with Crippen LogP contribution in [0.2, 0.25) is 0 Å². The Labute approximate surface area is 196 Å². The van der Waals surface area contributed by atoms with E-state index in [1.165, 1.54) is 6.92 Å². The molecule has 1 spiro atoms. The minimum Gasteiger partial charge on any atom is -0.445 e. The smallest absolute Gasteiger partial charge is 0.410 e. The quantitative estimate of drug-likeness (QED) is 0.636. The molecule has 1 saturated carbocycles. The van der Waals surface area contributed by atoms with Crippen LogP contribution in [0.15, 0.2) is 43.0 Å². The van der Waals surface area contributed by atoms with Crippen LogP contribution >= 0.6 is 0 Å². The normalized spacial score (nSPS) is 26.8. The average Bonchev–Trinajstić information content (AvgIpc) is 3.27. The Balaban J connectivity index is 1.89. The SMILES string of the molecule is C=CCC1CC2(CCCN2C(=O)OCc2ccccc2)CC1(NC(C)=O)C(=O)NC(C)(C)C. The number of nitrogens with one attached hydrogen (secondary N) is 2. The fourth-order valence-electron chi connectivity index (χ4n) is 5.51. The molecule has 3 unspecified atom stereocenters. The standard InChI is InChI=1S/C26H37N3O4/c1-6-11-21-16-25(18-26(21,27-19(2)30)22(31)28-24(3,4)5)14-10-15-29(25)23(32)33-17-20-12-8-7-9-13-20/h6-9,12-13,21H,1,10-11,14-18H2,2-5H3,(H,27,30)(H,28,31). The van der Waals surface area contributed by atoms with Crippen LogP contribution in [-0.4, -0.2) is 46.0 Å². The molecule has 2 aliphatic rings. The van der Waals surface area contributed by atoms with Crippen molar-refractivity contribution >= 4 is 17.9 Å². The fraction of sp³-hybridized carbons (Fsp3) is 0.577. The summed E-state index contributed by atoms with van der Waals surface area (Å²) in [4.78, 5) is 40.9. The number of hydrogen-bond donors (Lipinski definition) is 2. The molecule has 2 fully saturated rings. The number of rotatable bonds is 6. The maximum atomic E-state index is 13.6. The van der Waals surface area contributed by atoms with Crippen molar-refractivity contribution < 1.29 is 19.1 Å². The number of allylic oxidation sites excluding steroid dienone is 1. The van der Waals surface area contributed by atoms with Crippen LogP contribution in [0.1, 0.15) is 65.4 Å². The molecule has 3 rings (SSSR count). The number of benzene rings is 1. The van der Waals surface area contributed by atoms with Gasteiger partial charge >= 0.3 is 6.09 Å². The summed E-state index contributed by atoms with van der Waals surface area (Å²) in [5.74, 6) is -0.649. The Bertz CT molecular complexity index is 895. The van der Waals surface area contributed by atoms with Crippen LogP contribution in [0.4, 0.5) is 4.79 Å². The van der Waals surface area contributed by atoms with E-state index in [-0.39, 0.29) is 30.4 Å². The van der Waals surface area contributed by atoms with Gasteiger partial charge < -0.3 is 20.3 Å². The number of nitrogens with zero attached hydrogens (tertiary/aromatic N) is 1. The van der Waals surface area contributed by atoms with Gasteiger partial charge in [-0.05, 0) is 57.9 Å². The second-order valence-electron chi connectivity index (χ2n) is 10.5. The summed E-state index contributed by atoms with van der Waals surface area (Å²) < 4.78 is 5.66. The van der Waals surface area contributed by atoms with Crippen molar-refractivity contribution in [1.29, 1.82) is 0 Å². The van der Waals surface area contributed by atoms with Gasteiger partial charge in [0.15, 0.2) is 0 Å². The molecule has 3 amide bonds. The summed E-state index contributed by atoms with van der Waals surface area (Å²) in [6.45, 7) is 11.8. The van der Waals surface area contributed by atoms with Crippen LogP contribution in [0, 0.1) is 5.92 Å². The minimum absolute atomic E-state index is 0.177. The van der Waals surface area contributed by atoms with E-state index in [0.717, 1.165) is 18.4 Å². The molecule has 1 aliphatic carbocycles. The average molecular weight is 456 g/mol. The third-order valence-electron chi connectivity index (χ3n) is 6.70. The van der Waals surface area contributed by atoms with Crippen LogP contribution in [-0.2, 0) is 20.9 Å². The molecular weight excluding hydrogens is 418 g/mol. The minimum atomic E-state index is -1.12. The molecule has 0 aromatic heterocycles. The Morgan fingerprint density at radius 2 is 1.94 bits per heavy atom. The number of carbonyl (C=O) groups is 3. The molecular formula is C26H37N3O4. The van der Waals surface area contributed by atoms with E-state index in [1.54, 1.807) is 11.0 Å². The van der Waals surface area contributed by atoms with Crippen molar-refractivity contribution in [2.75, 3.05) is 6.54 Å². The zero-order valence-corrected chi connectivity index (χ0v) is 20.3. The number of carbonyl (C=O) groups excluding carboxylic acids is 3. The van der Waals surface area contributed by atoms with E-state index in [0.29, 0.717) is 25.8 Å². The van der Waals surface area contributed by atoms with E-state index in [2.05, 4.69) is 17.2 Å². The molecule has 1 heterocycles. The molecule has 7 heteroatoms. The lowest BCUT2D eigenvalue weighted by Crippen LogP contribution is -2.64. The number of hydrogen-bond acceptors (Lipinski definition) is 4. The molecule has 1 aromatic carbocycles. The van der Waals surface area contributed by atoms with Gasteiger partial charge in [-0.15, -0.1) is 6.58 Å². The Morgan fingerprint density at radius 1 is 1.24 bits per heavy atom. The van der Waals surface area contributed by atoms with Gasteiger partial charge in [0, 0.05) is 31.0 Å². The summed E-state index contributed by atoms with van der Waals surface area (Å²) in [6.07, 6.45) is 4.55. The summed E-state index contributed by atoms with van der Waals surface area (Å²) in [5.41, 5.74) is -1.19. The van der Waals surface area contributed by atoms with Gasteiger partial charge in [-0.1, -0.05) is 36.4 Å². The highest BCUT2D eigenvalue weighted by atomic mass is 16.6. The molecule has 180 valence electrons. The van der Waals surface area contributed by atoms with Crippen LogP contribution < -0.4 is 10.6 Å². The second kappa shape index (κ2) is 9.57. The molecule has 0 bridgehead atoms. The van der Waals surface area contributed by atoms with E-state index >= 15 is 0 Å². The van der Waals surface area contributed by atoms with Crippen molar-refractivity contribution in [2.45, 2.75) is 83.0 Å². The molecule has 0 radical (unpaired) electrons. The summed E-state index contributed by atoms with van der Waals surface area (Å²) in [6, 6.07) is 9.58. The van der Waals surface area contributed by atoms with Crippen molar-refractivity contribution in [2.24, 2.45) is 5.92 Å². The Morgan fingerprint density at radius 3 is 2.55 bits per heavy atom. The van der Waals surface area contributed by atoms with Gasteiger partial charge in [0.05, 0.1) is 0 Å². The predicted molar refractivity (Wildman–Crippen MR) is 127 cm³/mol. The van der Waals surface area contributed by atoms with E-state index in [4.69, 9.17) is 4.74 Å². The first-order chi connectivity index (χ1) is 15.5. The third-order valence-corrected chi connectivity index (χ3v) is 6.70. The van der Waals surface area contributed by atoms with E-state index in [1.807, 2.05) is 51.1 Å². The molecule has 3 atom stereocenters. The molecule has 1 aliphatic heterocycles. The van der Waals surface area contributed by atoms with Crippen LogP contribution in [0.5, 0.6) is 0 Å². The zero-order valence-electron chi connectivity index (χ0n) is 20.3. The first kappa shape index (κ1) is 24.8. The van der Waals surface area contributed by atoms with Gasteiger partial charge in [0.25, 0.3) is 0 Å². The molecule has 33 heavy (non-hydrogen) atoms. The highest BCUT2D eigenvalue weighted by Crippen LogP contribution is 2.52. The van der Waals surface area contributed by atoms with Crippen molar-refractivity contribution in [3.05, 3.63) is 48.6 Å². The Kier molecular flexibility index (Phi) is 7.20. The van der Waals surface area contributed by atoms with Gasteiger partial charge in [-0.2, -0.15) is 0 Å². The first-order valence-electron chi connectivity index (χ1n) is 11.7. The second-order valence-corrected chi connectivity index (χ2v) is 10.5. The number of likely N-dealkylation sites (tertiary alicyclic amines) is 1. The maximum Gasteiger partial charge on any atom is 0.410 e. The van der Waals surface area contributed by atoms with E-state index in [9.17, 15) is 14.4 Å². The Hall–Kier alpha value is -2.83. The zero-order chi connectivity index (χ0) is 24.3. The van der Waals surface area contributed by atoms with Crippen molar-refractivity contribution in [1.82, 2.24) is 15.5 Å². The van der Waals surface area contributed by atoms with Crippen LogP contribution in [0.25, 0.3) is 0 Å². The lowest BCUT2D eigenvalue weighted by Gasteiger charge is -2.39. The fourth-order valence-corrected chi connectivity index (χ4v) is 5.51. The molecule has 1 saturated heterocycles. The highest BCUT2D eigenvalue weighted by molar-refractivity contribution is 5.92. The number of amides is 3. The molecule has 2 N–H and O–H groups in total. The molecule has 1 aromatic rings. The summed E-state index contributed by atoms with van der Waals surface area (Å²) >= 11 is 0. The molecule has 7 nitrogen and oxygen atoms in total. The largest absolute Gasteiger partial charge is 0.445 e. The maximum absolute atomic E-state index is 13.6. The summed E-state index contributed by atoms with van der Waals surface area (Å²) in [5, 5.41) is 6.07. The van der Waals surface area contributed by atoms with Gasteiger partial charge in [-0.25, -0.2) is 4.79 Å². The lowest BCUT2D eigenvalue weighted by molar-refractivity contribution is -0.136. The van der Waals surface area contributed by atoms with Crippen LogP contribution in [0.3, 0.4) is 0 Å². The van der Waals surface area contributed by atoms with Gasteiger partial charge in [0.2, 0.25) is 11.8 Å². The van der Waals surface area contributed by atoms with Gasteiger partial charge in [-0.3, -0.25) is 9.59 Å². The van der Waals surface area contributed by atoms with Crippen molar-refractivity contribution in [3.63, 3.8) is 0 Å². The monoisotopic (exact) mass is 455 g/mol. The predicted octanol–water partition coefficient (Wildman–Crippen LogP) is 3.93. The number of ether oxygens (including phenoxy) is 1. The highest BCUT2D eigenvalue weighted by Gasteiger charge is 2.62.